The Hall–Kier alpha value is -1.55. The second kappa shape index (κ2) is 8.53. The number of hydrogen-bond acceptors (Lipinski definition) is 4. The number of hydrogen-bond donors (Lipinski definition) is 1. The van der Waals surface area contributed by atoms with Crippen molar-refractivity contribution < 1.29 is 13.9 Å². The summed E-state index contributed by atoms with van der Waals surface area (Å²) in [6.45, 7) is 16.3. The first-order valence-corrected chi connectivity index (χ1v) is 11.6. The number of aryl methyl sites for hydroxylation is 1. The number of ether oxygens (including phenoxy) is 1. The zero-order valence-electron chi connectivity index (χ0n) is 19.9. The second-order valence-corrected chi connectivity index (χ2v) is 11.1. The number of fused-ring (bicyclic) bond motifs is 1. The van der Waals surface area contributed by atoms with Gasteiger partial charge in [-0.3, -0.25) is 4.79 Å². The molecule has 4 atom stereocenters. The van der Waals surface area contributed by atoms with Gasteiger partial charge in [0.1, 0.15) is 5.76 Å². The van der Waals surface area contributed by atoms with Crippen molar-refractivity contribution in [2.75, 3.05) is 7.11 Å². The fourth-order valence-corrected chi connectivity index (χ4v) is 6.35. The minimum Gasteiger partial charge on any atom is -0.469 e. The van der Waals surface area contributed by atoms with Crippen molar-refractivity contribution >= 4 is 5.97 Å². The molecule has 1 aromatic heterocycles. The monoisotopic (exact) mass is 415 g/mol. The molecule has 0 spiro atoms. The van der Waals surface area contributed by atoms with Crippen molar-refractivity contribution in [1.82, 2.24) is 5.32 Å². The molecule has 0 aliphatic heterocycles. The van der Waals surface area contributed by atoms with Crippen LogP contribution in [-0.2, 0) is 22.5 Å². The molecule has 0 bridgehead atoms. The number of nitrogens with one attached hydrogen (secondary N) is 1. The van der Waals surface area contributed by atoms with Crippen molar-refractivity contribution in [3.05, 3.63) is 35.8 Å². The molecule has 3 rings (SSSR count). The molecule has 0 aromatic carbocycles. The van der Waals surface area contributed by atoms with Gasteiger partial charge in [-0.15, -0.1) is 0 Å². The van der Waals surface area contributed by atoms with Gasteiger partial charge < -0.3 is 14.5 Å². The zero-order valence-corrected chi connectivity index (χ0v) is 19.9. The first-order valence-electron chi connectivity index (χ1n) is 11.6. The van der Waals surface area contributed by atoms with Gasteiger partial charge in [-0.25, -0.2) is 0 Å². The van der Waals surface area contributed by atoms with Crippen LogP contribution in [0.25, 0.3) is 0 Å². The quantitative estimate of drug-likeness (QED) is 0.454. The van der Waals surface area contributed by atoms with Crippen LogP contribution in [0, 0.1) is 22.7 Å². The highest BCUT2D eigenvalue weighted by Crippen LogP contribution is 2.62. The predicted octanol–water partition coefficient (Wildman–Crippen LogP) is 6.05. The fraction of sp³-hybridized carbons (Fsp3) is 0.731. The SMILES string of the molecule is C=C1CC[C@@H]2[C@](C)(CCC[C@@]2(C)C(=O)OC)[C@H]1CCc1ccoc1CNC(C)(C)C. The smallest absolute Gasteiger partial charge is 0.311 e. The van der Waals surface area contributed by atoms with Crippen LogP contribution in [0.1, 0.15) is 84.5 Å². The van der Waals surface area contributed by atoms with E-state index in [1.807, 2.05) is 6.26 Å². The van der Waals surface area contributed by atoms with Crippen LogP contribution < -0.4 is 5.32 Å². The van der Waals surface area contributed by atoms with Crippen molar-refractivity contribution in [1.29, 1.82) is 0 Å². The molecule has 0 radical (unpaired) electrons. The predicted molar refractivity (Wildman–Crippen MR) is 121 cm³/mol. The molecule has 1 aromatic rings. The molecule has 2 fully saturated rings. The summed E-state index contributed by atoms with van der Waals surface area (Å²) in [7, 11) is 1.53. The van der Waals surface area contributed by atoms with Crippen LogP contribution in [0.5, 0.6) is 0 Å². The lowest BCUT2D eigenvalue weighted by Gasteiger charge is -2.57. The lowest BCUT2D eigenvalue weighted by atomic mass is 9.46. The summed E-state index contributed by atoms with van der Waals surface area (Å²) in [6.07, 6.45) is 9.09. The average molecular weight is 416 g/mol. The number of carbonyl (C=O) groups excluding carboxylic acids is 1. The number of allylic oxidation sites excluding steroid dienone is 1. The molecule has 1 heterocycles. The highest BCUT2D eigenvalue weighted by Gasteiger charge is 2.57. The van der Waals surface area contributed by atoms with E-state index in [1.165, 1.54) is 18.2 Å². The zero-order chi connectivity index (χ0) is 22.2. The van der Waals surface area contributed by atoms with Gasteiger partial charge in [0, 0.05) is 5.54 Å². The van der Waals surface area contributed by atoms with E-state index in [2.05, 4.69) is 52.6 Å². The van der Waals surface area contributed by atoms with E-state index in [1.54, 1.807) is 0 Å². The summed E-state index contributed by atoms with van der Waals surface area (Å²) in [5, 5.41) is 3.53. The average Bonchev–Trinajstić information content (AvgIpc) is 3.11. The highest BCUT2D eigenvalue weighted by atomic mass is 16.5. The van der Waals surface area contributed by atoms with E-state index in [-0.39, 0.29) is 22.3 Å². The minimum atomic E-state index is -0.377. The standard InChI is InChI=1S/C26H41NO3/c1-18-9-12-22-25(5,14-8-15-26(22,6)23(28)29-7)20(18)11-10-19-13-16-30-21(19)17-27-24(2,3)4/h13,16,20,22,27H,1,8-12,14-15,17H2,2-7H3/t20-,22+,25+,26+/m0/s1. The van der Waals surface area contributed by atoms with Gasteiger partial charge in [0.05, 0.1) is 25.3 Å². The summed E-state index contributed by atoms with van der Waals surface area (Å²) in [4.78, 5) is 12.8. The molecule has 2 aliphatic rings. The first kappa shape index (κ1) is 23.1. The van der Waals surface area contributed by atoms with E-state index < -0.39 is 0 Å². The van der Waals surface area contributed by atoms with Crippen LogP contribution in [0.4, 0.5) is 0 Å². The highest BCUT2D eigenvalue weighted by molar-refractivity contribution is 5.77. The van der Waals surface area contributed by atoms with Gasteiger partial charge in [-0.1, -0.05) is 25.5 Å². The number of methoxy groups -OCH3 is 1. The summed E-state index contributed by atoms with van der Waals surface area (Å²) in [5.74, 6) is 1.79. The first-order chi connectivity index (χ1) is 14.0. The van der Waals surface area contributed by atoms with E-state index in [4.69, 9.17) is 9.15 Å². The third-order valence-electron chi connectivity index (χ3n) is 7.99. The third kappa shape index (κ3) is 4.39. The number of rotatable bonds is 6. The van der Waals surface area contributed by atoms with Gasteiger partial charge in [0.25, 0.3) is 0 Å². The Morgan fingerprint density at radius 1 is 1.33 bits per heavy atom. The molecule has 168 valence electrons. The molecule has 0 saturated heterocycles. The Kier molecular flexibility index (Phi) is 6.57. The van der Waals surface area contributed by atoms with Gasteiger partial charge in [-0.05, 0) is 95.1 Å². The molecular weight excluding hydrogens is 374 g/mol. The lowest BCUT2D eigenvalue weighted by Crippen LogP contribution is -2.53. The summed E-state index contributed by atoms with van der Waals surface area (Å²) >= 11 is 0. The number of esters is 1. The minimum absolute atomic E-state index is 0.0323. The van der Waals surface area contributed by atoms with Gasteiger partial charge in [0.15, 0.2) is 0 Å². The maximum absolute atomic E-state index is 12.8. The molecule has 30 heavy (non-hydrogen) atoms. The molecule has 2 saturated carbocycles. The second-order valence-electron chi connectivity index (χ2n) is 11.1. The van der Waals surface area contributed by atoms with Crippen LogP contribution in [0.2, 0.25) is 0 Å². The van der Waals surface area contributed by atoms with Crippen LogP contribution in [-0.4, -0.2) is 18.6 Å². The Morgan fingerprint density at radius 2 is 2.07 bits per heavy atom. The molecule has 4 nitrogen and oxygen atoms in total. The maximum Gasteiger partial charge on any atom is 0.311 e. The van der Waals surface area contributed by atoms with Crippen molar-refractivity contribution in [3.63, 3.8) is 0 Å². The van der Waals surface area contributed by atoms with E-state index in [9.17, 15) is 4.79 Å². The Bertz CT molecular complexity index is 773. The molecular formula is C26H41NO3. The third-order valence-corrected chi connectivity index (χ3v) is 7.99. The van der Waals surface area contributed by atoms with E-state index in [0.29, 0.717) is 11.8 Å². The molecule has 2 aliphatic carbocycles. The Labute approximate surface area is 182 Å². The summed E-state index contributed by atoms with van der Waals surface area (Å²) in [5.41, 5.74) is 2.43. The van der Waals surface area contributed by atoms with Gasteiger partial charge in [0.2, 0.25) is 0 Å². The normalized spacial score (nSPS) is 32.0. The van der Waals surface area contributed by atoms with Gasteiger partial charge >= 0.3 is 5.97 Å². The van der Waals surface area contributed by atoms with Crippen LogP contribution >= 0.6 is 0 Å². The topological polar surface area (TPSA) is 51.5 Å². The largest absolute Gasteiger partial charge is 0.469 e. The lowest BCUT2D eigenvalue weighted by molar-refractivity contribution is -0.168. The Morgan fingerprint density at radius 3 is 2.73 bits per heavy atom. The molecule has 4 heteroatoms. The van der Waals surface area contributed by atoms with Crippen molar-refractivity contribution in [3.8, 4) is 0 Å². The fourth-order valence-electron chi connectivity index (χ4n) is 6.35. The molecule has 0 unspecified atom stereocenters. The summed E-state index contributed by atoms with van der Waals surface area (Å²) < 4.78 is 11.0. The maximum atomic E-state index is 12.8. The van der Waals surface area contributed by atoms with Crippen LogP contribution in [0.15, 0.2) is 28.9 Å². The van der Waals surface area contributed by atoms with Gasteiger partial charge in [-0.2, -0.15) is 0 Å². The Balaban J connectivity index is 1.77. The van der Waals surface area contributed by atoms with Crippen molar-refractivity contribution in [2.24, 2.45) is 22.7 Å². The van der Waals surface area contributed by atoms with Crippen LogP contribution in [0.3, 0.4) is 0 Å². The number of furan rings is 1. The molecule has 0 amide bonds. The van der Waals surface area contributed by atoms with E-state index in [0.717, 1.165) is 57.3 Å². The molecule has 1 N–H and O–H groups in total. The van der Waals surface area contributed by atoms with Crippen molar-refractivity contribution in [2.45, 2.75) is 91.6 Å². The summed E-state index contributed by atoms with van der Waals surface area (Å²) in [6, 6.07) is 2.12. The number of carbonyl (C=O) groups is 1. The van der Waals surface area contributed by atoms with E-state index >= 15 is 0 Å².